The summed E-state index contributed by atoms with van der Waals surface area (Å²) in [6.45, 7) is 7.92. The Labute approximate surface area is 114 Å². The third-order valence-corrected chi connectivity index (χ3v) is 3.47. The first-order valence-electron chi connectivity index (χ1n) is 6.60. The molecular formula is C15H23NO3. The fourth-order valence-corrected chi connectivity index (χ4v) is 2.39. The predicted molar refractivity (Wildman–Crippen MR) is 74.3 cm³/mol. The zero-order valence-electron chi connectivity index (χ0n) is 12.2. The van der Waals surface area contributed by atoms with E-state index in [1.54, 1.807) is 7.11 Å². The molecule has 1 fully saturated rings. The van der Waals surface area contributed by atoms with Crippen molar-refractivity contribution in [3.63, 3.8) is 0 Å². The molecule has 2 rings (SSSR count). The van der Waals surface area contributed by atoms with Crippen LogP contribution in [0.15, 0.2) is 18.2 Å². The number of nitrogens with two attached hydrogens (primary N) is 1. The molecule has 0 atom stereocenters. The second-order valence-electron chi connectivity index (χ2n) is 5.82. The molecule has 0 spiro atoms. The van der Waals surface area contributed by atoms with Gasteiger partial charge in [-0.1, -0.05) is 20.8 Å². The molecule has 1 heterocycles. The summed E-state index contributed by atoms with van der Waals surface area (Å²) in [7, 11) is 1.69. The van der Waals surface area contributed by atoms with Gasteiger partial charge in [-0.25, -0.2) is 0 Å². The molecule has 0 radical (unpaired) electrons. The van der Waals surface area contributed by atoms with Crippen molar-refractivity contribution in [3.8, 4) is 5.75 Å². The largest absolute Gasteiger partial charge is 0.496 e. The Kier molecular flexibility index (Phi) is 3.85. The van der Waals surface area contributed by atoms with Gasteiger partial charge < -0.3 is 19.9 Å². The van der Waals surface area contributed by atoms with E-state index in [1.165, 1.54) is 0 Å². The summed E-state index contributed by atoms with van der Waals surface area (Å²) in [4.78, 5) is 0. The minimum atomic E-state index is -0.799. The van der Waals surface area contributed by atoms with Crippen LogP contribution >= 0.6 is 0 Å². The second-order valence-corrected chi connectivity index (χ2v) is 5.82. The molecule has 0 bridgehead atoms. The summed E-state index contributed by atoms with van der Waals surface area (Å²) in [5, 5.41) is 0. The maximum absolute atomic E-state index is 5.85. The Bertz CT molecular complexity index is 445. The molecule has 4 nitrogen and oxygen atoms in total. The van der Waals surface area contributed by atoms with Crippen LogP contribution in [0.5, 0.6) is 5.75 Å². The van der Waals surface area contributed by atoms with E-state index in [0.29, 0.717) is 19.8 Å². The summed E-state index contributed by atoms with van der Waals surface area (Å²) in [5.74, 6) is 0.0770. The van der Waals surface area contributed by atoms with Gasteiger partial charge in [-0.15, -0.1) is 0 Å². The molecule has 106 valence electrons. The maximum Gasteiger partial charge on any atom is 0.207 e. The molecule has 0 aliphatic carbocycles. The van der Waals surface area contributed by atoms with Gasteiger partial charge in [-0.3, -0.25) is 0 Å². The van der Waals surface area contributed by atoms with Crippen LogP contribution in [0.1, 0.15) is 31.9 Å². The molecule has 0 amide bonds. The normalized spacial score (nSPS) is 18.6. The molecule has 1 aromatic carbocycles. The van der Waals surface area contributed by atoms with Crippen molar-refractivity contribution in [2.24, 2.45) is 5.73 Å². The molecule has 0 aromatic heterocycles. The van der Waals surface area contributed by atoms with Crippen LogP contribution in [0, 0.1) is 0 Å². The predicted octanol–water partition coefficient (Wildman–Crippen LogP) is 2.15. The van der Waals surface area contributed by atoms with Gasteiger partial charge in [-0.05, 0) is 29.2 Å². The lowest BCUT2D eigenvalue weighted by molar-refractivity contribution is -0.157. The highest BCUT2D eigenvalue weighted by molar-refractivity contribution is 5.43. The first kappa shape index (κ1) is 14.3. The van der Waals surface area contributed by atoms with Crippen LogP contribution in [-0.4, -0.2) is 26.9 Å². The van der Waals surface area contributed by atoms with Gasteiger partial charge in [0.2, 0.25) is 5.79 Å². The van der Waals surface area contributed by atoms with E-state index in [4.69, 9.17) is 19.9 Å². The Balaban J connectivity index is 2.48. The van der Waals surface area contributed by atoms with Crippen LogP contribution in [0.2, 0.25) is 0 Å². The second kappa shape index (κ2) is 5.12. The van der Waals surface area contributed by atoms with E-state index in [0.717, 1.165) is 16.9 Å². The lowest BCUT2D eigenvalue weighted by atomic mass is 9.84. The highest BCUT2D eigenvalue weighted by atomic mass is 16.7. The molecule has 1 aromatic rings. The van der Waals surface area contributed by atoms with Crippen LogP contribution in [0.3, 0.4) is 0 Å². The van der Waals surface area contributed by atoms with Crippen LogP contribution in [0.25, 0.3) is 0 Å². The van der Waals surface area contributed by atoms with Crippen molar-refractivity contribution in [1.29, 1.82) is 0 Å². The monoisotopic (exact) mass is 265 g/mol. The number of hydrogen-bond donors (Lipinski definition) is 1. The van der Waals surface area contributed by atoms with Gasteiger partial charge in [0.25, 0.3) is 0 Å². The van der Waals surface area contributed by atoms with E-state index in [9.17, 15) is 0 Å². The summed E-state index contributed by atoms with van der Waals surface area (Å²) in [6, 6.07) is 6.00. The highest BCUT2D eigenvalue weighted by Crippen LogP contribution is 2.37. The minimum Gasteiger partial charge on any atom is -0.496 e. The maximum atomic E-state index is 5.85. The Morgan fingerprint density at radius 3 is 2.37 bits per heavy atom. The Hall–Kier alpha value is -1.10. The molecule has 19 heavy (non-hydrogen) atoms. The lowest BCUT2D eigenvalue weighted by Gasteiger charge is -2.29. The number of hydrogen-bond acceptors (Lipinski definition) is 4. The van der Waals surface area contributed by atoms with E-state index in [1.807, 2.05) is 12.1 Å². The summed E-state index contributed by atoms with van der Waals surface area (Å²) >= 11 is 0. The average molecular weight is 265 g/mol. The van der Waals surface area contributed by atoms with Gasteiger partial charge in [0.05, 0.1) is 26.9 Å². The summed E-state index contributed by atoms with van der Waals surface area (Å²) < 4.78 is 16.9. The smallest absolute Gasteiger partial charge is 0.207 e. The van der Waals surface area contributed by atoms with Crippen molar-refractivity contribution < 1.29 is 14.2 Å². The van der Waals surface area contributed by atoms with Crippen molar-refractivity contribution in [1.82, 2.24) is 0 Å². The van der Waals surface area contributed by atoms with E-state index in [2.05, 4.69) is 26.8 Å². The molecule has 1 saturated heterocycles. The molecule has 2 N–H and O–H groups in total. The SMILES string of the molecule is COc1ccc(C2(CN)OCCO2)cc1C(C)(C)C. The first-order valence-corrected chi connectivity index (χ1v) is 6.60. The van der Waals surface area contributed by atoms with Gasteiger partial charge in [-0.2, -0.15) is 0 Å². The zero-order chi connectivity index (χ0) is 14.1. The fraction of sp³-hybridized carbons (Fsp3) is 0.600. The van der Waals surface area contributed by atoms with Gasteiger partial charge in [0.15, 0.2) is 0 Å². The Morgan fingerprint density at radius 2 is 1.89 bits per heavy atom. The van der Waals surface area contributed by atoms with Crippen LogP contribution < -0.4 is 10.5 Å². The highest BCUT2D eigenvalue weighted by Gasteiger charge is 2.38. The standard InChI is InChI=1S/C15H23NO3/c1-14(2,3)12-9-11(5-6-13(12)17-4)15(10-16)18-7-8-19-15/h5-6,9H,7-8,10,16H2,1-4H3. The van der Waals surface area contributed by atoms with Crippen LogP contribution in [-0.2, 0) is 20.7 Å². The molecule has 0 saturated carbocycles. The topological polar surface area (TPSA) is 53.7 Å². The third kappa shape index (κ3) is 2.61. The molecular weight excluding hydrogens is 242 g/mol. The molecule has 1 aliphatic heterocycles. The fourth-order valence-electron chi connectivity index (χ4n) is 2.39. The van der Waals surface area contributed by atoms with Crippen LogP contribution in [0.4, 0.5) is 0 Å². The quantitative estimate of drug-likeness (QED) is 0.910. The zero-order valence-corrected chi connectivity index (χ0v) is 12.2. The molecule has 1 aliphatic rings. The Morgan fingerprint density at radius 1 is 1.26 bits per heavy atom. The number of ether oxygens (including phenoxy) is 3. The van der Waals surface area contributed by atoms with Crippen molar-refractivity contribution >= 4 is 0 Å². The number of rotatable bonds is 3. The van der Waals surface area contributed by atoms with Crippen molar-refractivity contribution in [2.75, 3.05) is 26.9 Å². The van der Waals surface area contributed by atoms with Crippen molar-refractivity contribution in [3.05, 3.63) is 29.3 Å². The van der Waals surface area contributed by atoms with E-state index in [-0.39, 0.29) is 5.41 Å². The molecule has 0 unspecified atom stereocenters. The van der Waals surface area contributed by atoms with Gasteiger partial charge in [0, 0.05) is 5.56 Å². The summed E-state index contributed by atoms with van der Waals surface area (Å²) in [6.07, 6.45) is 0. The van der Waals surface area contributed by atoms with E-state index >= 15 is 0 Å². The van der Waals surface area contributed by atoms with Gasteiger partial charge >= 0.3 is 0 Å². The van der Waals surface area contributed by atoms with Gasteiger partial charge in [0.1, 0.15) is 5.75 Å². The van der Waals surface area contributed by atoms with Crippen molar-refractivity contribution in [2.45, 2.75) is 32.0 Å². The number of methoxy groups -OCH3 is 1. The molecule has 4 heteroatoms. The lowest BCUT2D eigenvalue weighted by Crippen LogP contribution is -2.36. The minimum absolute atomic E-state index is 0.0181. The van der Waals surface area contributed by atoms with E-state index < -0.39 is 5.79 Å². The number of benzene rings is 1. The summed E-state index contributed by atoms with van der Waals surface area (Å²) in [5.41, 5.74) is 7.91. The third-order valence-electron chi connectivity index (χ3n) is 3.47. The first-order chi connectivity index (χ1) is 8.93. The average Bonchev–Trinajstić information content (AvgIpc) is 2.87.